The lowest BCUT2D eigenvalue weighted by atomic mass is 10.0. The van der Waals surface area contributed by atoms with Gasteiger partial charge in [-0.3, -0.25) is 0 Å². The van der Waals surface area contributed by atoms with Gasteiger partial charge < -0.3 is 9.67 Å². The molecule has 0 saturated heterocycles. The highest BCUT2D eigenvalue weighted by atomic mass is 32.2. The summed E-state index contributed by atoms with van der Waals surface area (Å²) in [5.74, 6) is -0.457. The largest absolute Gasteiger partial charge is 0.477 e. The van der Waals surface area contributed by atoms with Gasteiger partial charge in [-0.25, -0.2) is 17.9 Å². The van der Waals surface area contributed by atoms with Gasteiger partial charge in [-0.05, 0) is 43.1 Å². The minimum absolute atomic E-state index is 0.0176. The molecule has 2 fully saturated rings. The van der Waals surface area contributed by atoms with Crippen molar-refractivity contribution in [3.8, 4) is 0 Å². The van der Waals surface area contributed by atoms with Crippen LogP contribution < -0.4 is 4.72 Å². The molecule has 0 bridgehead atoms. The standard InChI is InChI=1S/C13H18N2O4S/c1-15-7-10(6-11(15)12(16)17)20(18,19)14-8-13(4-5-13)9-2-3-9/h6-7,9,14H,2-5,8H2,1H3,(H,16,17). The number of carbonyl (C=O) groups is 1. The summed E-state index contributed by atoms with van der Waals surface area (Å²) >= 11 is 0. The van der Waals surface area contributed by atoms with Gasteiger partial charge in [0.2, 0.25) is 10.0 Å². The number of sulfonamides is 1. The summed E-state index contributed by atoms with van der Waals surface area (Å²) < 4.78 is 28.4. The lowest BCUT2D eigenvalue weighted by Crippen LogP contribution is -2.31. The molecule has 0 amide bonds. The number of aromatic carboxylic acids is 1. The van der Waals surface area contributed by atoms with E-state index >= 15 is 0 Å². The van der Waals surface area contributed by atoms with Crippen LogP contribution in [0.2, 0.25) is 0 Å². The first-order chi connectivity index (χ1) is 9.34. The summed E-state index contributed by atoms with van der Waals surface area (Å²) in [7, 11) is -2.11. The molecule has 0 atom stereocenters. The Labute approximate surface area is 117 Å². The average Bonchev–Trinajstić information content (AvgIpc) is 3.24. The lowest BCUT2D eigenvalue weighted by molar-refractivity contribution is 0.0686. The Kier molecular flexibility index (Phi) is 2.95. The molecule has 110 valence electrons. The van der Waals surface area contributed by atoms with Crippen molar-refractivity contribution in [2.24, 2.45) is 18.4 Å². The molecule has 0 aromatic carbocycles. The molecule has 3 rings (SSSR count). The molecule has 0 radical (unpaired) electrons. The fourth-order valence-corrected chi connectivity index (χ4v) is 4.01. The van der Waals surface area contributed by atoms with E-state index in [9.17, 15) is 13.2 Å². The summed E-state index contributed by atoms with van der Waals surface area (Å²) in [6, 6.07) is 1.20. The molecule has 2 aliphatic carbocycles. The van der Waals surface area contributed by atoms with Gasteiger partial charge in [-0.1, -0.05) is 0 Å². The number of aromatic nitrogens is 1. The van der Waals surface area contributed by atoms with Crippen LogP contribution in [-0.4, -0.2) is 30.6 Å². The maximum Gasteiger partial charge on any atom is 0.352 e. The maximum atomic E-state index is 12.2. The van der Waals surface area contributed by atoms with Crippen LogP contribution in [-0.2, 0) is 17.1 Å². The highest BCUT2D eigenvalue weighted by Crippen LogP contribution is 2.60. The zero-order chi connectivity index (χ0) is 14.5. The molecular formula is C13H18N2O4S. The van der Waals surface area contributed by atoms with E-state index in [-0.39, 0.29) is 16.0 Å². The molecule has 1 aromatic heterocycles. The van der Waals surface area contributed by atoms with E-state index in [0.717, 1.165) is 12.8 Å². The third-order valence-electron chi connectivity index (χ3n) is 4.46. The molecule has 7 heteroatoms. The first-order valence-corrected chi connectivity index (χ1v) is 8.22. The monoisotopic (exact) mass is 298 g/mol. The van der Waals surface area contributed by atoms with Gasteiger partial charge >= 0.3 is 5.97 Å². The van der Waals surface area contributed by atoms with Crippen molar-refractivity contribution in [2.75, 3.05) is 6.54 Å². The first-order valence-electron chi connectivity index (χ1n) is 6.73. The Hall–Kier alpha value is -1.34. The smallest absolute Gasteiger partial charge is 0.352 e. The number of aryl methyl sites for hydroxylation is 1. The highest BCUT2D eigenvalue weighted by molar-refractivity contribution is 7.89. The van der Waals surface area contributed by atoms with E-state index in [0.29, 0.717) is 12.5 Å². The van der Waals surface area contributed by atoms with Crippen LogP contribution in [0, 0.1) is 11.3 Å². The number of hydrogen-bond acceptors (Lipinski definition) is 3. The van der Waals surface area contributed by atoms with E-state index < -0.39 is 16.0 Å². The normalized spacial score (nSPS) is 20.9. The van der Waals surface area contributed by atoms with Gasteiger partial charge in [0, 0.05) is 19.8 Å². The fraction of sp³-hybridized carbons (Fsp3) is 0.615. The number of rotatable bonds is 6. The fourth-order valence-electron chi connectivity index (χ4n) is 2.80. The van der Waals surface area contributed by atoms with Gasteiger partial charge in [0.25, 0.3) is 0 Å². The van der Waals surface area contributed by atoms with Crippen molar-refractivity contribution in [1.82, 2.24) is 9.29 Å². The van der Waals surface area contributed by atoms with E-state index in [2.05, 4.69) is 4.72 Å². The van der Waals surface area contributed by atoms with Crippen molar-refractivity contribution >= 4 is 16.0 Å². The van der Waals surface area contributed by atoms with Crippen molar-refractivity contribution in [3.63, 3.8) is 0 Å². The molecule has 6 nitrogen and oxygen atoms in total. The van der Waals surface area contributed by atoms with Crippen LogP contribution in [0.3, 0.4) is 0 Å². The number of hydrogen-bond donors (Lipinski definition) is 2. The molecule has 2 N–H and O–H groups in total. The highest BCUT2D eigenvalue weighted by Gasteiger charge is 2.53. The average molecular weight is 298 g/mol. The molecule has 2 saturated carbocycles. The third kappa shape index (κ3) is 2.35. The maximum absolute atomic E-state index is 12.2. The second-order valence-corrected chi connectivity index (χ2v) is 7.71. The van der Waals surface area contributed by atoms with E-state index in [1.165, 1.54) is 36.7 Å². The van der Waals surface area contributed by atoms with Crippen molar-refractivity contribution in [3.05, 3.63) is 18.0 Å². The Bertz CT molecular complexity index is 654. The number of nitrogens with zero attached hydrogens (tertiary/aromatic N) is 1. The van der Waals surface area contributed by atoms with Gasteiger partial charge in [0.1, 0.15) is 10.6 Å². The van der Waals surface area contributed by atoms with Crippen LogP contribution in [0.25, 0.3) is 0 Å². The molecule has 20 heavy (non-hydrogen) atoms. The Morgan fingerprint density at radius 1 is 1.50 bits per heavy atom. The quantitative estimate of drug-likeness (QED) is 0.825. The Morgan fingerprint density at radius 2 is 2.15 bits per heavy atom. The Balaban J connectivity index is 1.74. The van der Waals surface area contributed by atoms with Crippen molar-refractivity contribution in [2.45, 2.75) is 30.6 Å². The predicted molar refractivity (Wildman–Crippen MR) is 72.0 cm³/mol. The minimum atomic E-state index is -3.63. The summed E-state index contributed by atoms with van der Waals surface area (Å²) in [5.41, 5.74) is 0.144. The molecule has 0 unspecified atom stereocenters. The predicted octanol–water partition coefficient (Wildman–Crippen LogP) is 1.19. The van der Waals surface area contributed by atoms with Gasteiger partial charge in [0.05, 0.1) is 0 Å². The molecule has 2 aliphatic rings. The lowest BCUT2D eigenvalue weighted by Gasteiger charge is -2.14. The summed E-state index contributed by atoms with van der Waals surface area (Å²) in [5, 5.41) is 8.96. The number of carboxylic acid groups (broad SMARTS) is 1. The Morgan fingerprint density at radius 3 is 2.60 bits per heavy atom. The molecular weight excluding hydrogens is 280 g/mol. The summed E-state index contributed by atoms with van der Waals surface area (Å²) in [6.45, 7) is 0.470. The molecule has 0 spiro atoms. The SMILES string of the molecule is Cn1cc(S(=O)(=O)NCC2(C3CC3)CC2)cc1C(=O)O. The van der Waals surface area contributed by atoms with Crippen LogP contribution in [0.15, 0.2) is 17.2 Å². The zero-order valence-electron chi connectivity index (χ0n) is 11.3. The second kappa shape index (κ2) is 4.33. The molecule has 1 aromatic rings. The summed E-state index contributed by atoms with van der Waals surface area (Å²) in [4.78, 5) is 11.0. The number of nitrogens with one attached hydrogen (secondary N) is 1. The van der Waals surface area contributed by atoms with Crippen LogP contribution in [0.5, 0.6) is 0 Å². The van der Waals surface area contributed by atoms with Gasteiger partial charge in [0.15, 0.2) is 0 Å². The van der Waals surface area contributed by atoms with Crippen LogP contribution >= 0.6 is 0 Å². The summed E-state index contributed by atoms with van der Waals surface area (Å²) in [6.07, 6.45) is 5.93. The van der Waals surface area contributed by atoms with Gasteiger partial charge in [-0.2, -0.15) is 0 Å². The van der Waals surface area contributed by atoms with E-state index in [1.54, 1.807) is 0 Å². The van der Waals surface area contributed by atoms with Crippen molar-refractivity contribution in [1.29, 1.82) is 0 Å². The molecule has 1 heterocycles. The minimum Gasteiger partial charge on any atom is -0.477 e. The zero-order valence-corrected chi connectivity index (χ0v) is 12.1. The van der Waals surface area contributed by atoms with Crippen LogP contribution in [0.4, 0.5) is 0 Å². The van der Waals surface area contributed by atoms with Gasteiger partial charge in [-0.15, -0.1) is 0 Å². The second-order valence-electron chi connectivity index (χ2n) is 5.94. The first kappa shape index (κ1) is 13.6. The van der Waals surface area contributed by atoms with E-state index in [1.807, 2.05) is 0 Å². The van der Waals surface area contributed by atoms with Crippen molar-refractivity contribution < 1.29 is 18.3 Å². The molecule has 0 aliphatic heterocycles. The number of carboxylic acids is 1. The topological polar surface area (TPSA) is 88.4 Å². The third-order valence-corrected chi connectivity index (χ3v) is 5.83. The van der Waals surface area contributed by atoms with E-state index in [4.69, 9.17) is 5.11 Å². The van der Waals surface area contributed by atoms with Crippen LogP contribution in [0.1, 0.15) is 36.2 Å².